The number of aromatic nitrogens is 1. The van der Waals surface area contributed by atoms with E-state index < -0.39 is 0 Å². The lowest BCUT2D eigenvalue weighted by molar-refractivity contribution is 0.474. The zero-order chi connectivity index (χ0) is 13.2. The molecule has 2 N–H and O–H groups in total. The van der Waals surface area contributed by atoms with E-state index in [1.165, 1.54) is 6.07 Å². The number of phenols is 1. The highest BCUT2D eigenvalue weighted by Crippen LogP contribution is 2.27. The molecule has 0 aliphatic rings. The molecule has 5 nitrogen and oxygen atoms in total. The summed E-state index contributed by atoms with van der Waals surface area (Å²) in [5, 5.41) is 22.4. The largest absolute Gasteiger partial charge is 0.506 e. The number of hydrogen-bond acceptors (Lipinski definition) is 5. The molecule has 0 saturated heterocycles. The Morgan fingerprint density at radius 3 is 2.95 bits per heavy atom. The van der Waals surface area contributed by atoms with Crippen molar-refractivity contribution in [2.45, 2.75) is 0 Å². The van der Waals surface area contributed by atoms with E-state index in [2.05, 4.69) is 10.3 Å². The quantitative estimate of drug-likeness (QED) is 0.731. The predicted molar refractivity (Wildman–Crippen MR) is 70.1 cm³/mol. The van der Waals surface area contributed by atoms with Crippen LogP contribution in [-0.2, 0) is 0 Å². The highest BCUT2D eigenvalue weighted by Gasteiger charge is 2.07. The normalized spacial score (nSPS) is 10.3. The van der Waals surface area contributed by atoms with E-state index in [1.54, 1.807) is 24.6 Å². The summed E-state index contributed by atoms with van der Waals surface area (Å²) in [6.07, 6.45) is 3.26. The highest BCUT2D eigenvalue weighted by atomic mass is 16.3. The predicted octanol–water partition coefficient (Wildman–Crippen LogP) is 3.15. The van der Waals surface area contributed by atoms with Gasteiger partial charge in [0, 0.05) is 23.3 Å². The molecule has 0 bridgehead atoms. The molecule has 19 heavy (non-hydrogen) atoms. The van der Waals surface area contributed by atoms with Crippen LogP contribution in [0.1, 0.15) is 5.56 Å². The Balaban J connectivity index is 1.99. The molecule has 92 valence electrons. The molecule has 0 aliphatic carbocycles. The van der Waals surface area contributed by atoms with Crippen molar-refractivity contribution in [3.8, 4) is 11.8 Å². The van der Waals surface area contributed by atoms with Crippen molar-refractivity contribution in [1.82, 2.24) is 4.98 Å². The number of benzene rings is 1. The first kappa shape index (κ1) is 11.1. The second-order valence-electron chi connectivity index (χ2n) is 3.97. The second-order valence-corrected chi connectivity index (χ2v) is 3.97. The molecular formula is C14H9N3O2. The number of phenolic OH excluding ortho intramolecular Hbond substituents is 1. The van der Waals surface area contributed by atoms with E-state index in [9.17, 15) is 5.11 Å². The molecule has 5 heteroatoms. The first-order valence-electron chi connectivity index (χ1n) is 5.60. The van der Waals surface area contributed by atoms with Crippen LogP contribution in [0.15, 0.2) is 47.2 Å². The fourth-order valence-electron chi connectivity index (χ4n) is 1.82. The number of pyridine rings is 1. The fraction of sp³-hybridized carbons (Fsp3) is 0. The number of hydrogen-bond donors (Lipinski definition) is 2. The first-order chi connectivity index (χ1) is 9.28. The van der Waals surface area contributed by atoms with Gasteiger partial charge in [-0.15, -0.1) is 0 Å². The lowest BCUT2D eigenvalue weighted by Crippen LogP contribution is -1.93. The SMILES string of the molecule is N#Cc1ccc(Nc2nccc3ccoc23)cc1O. The molecule has 0 fully saturated rings. The van der Waals surface area contributed by atoms with Crippen LogP contribution in [0.25, 0.3) is 11.0 Å². The summed E-state index contributed by atoms with van der Waals surface area (Å²) in [4.78, 5) is 4.20. The van der Waals surface area contributed by atoms with Crippen LogP contribution in [0.3, 0.4) is 0 Å². The minimum atomic E-state index is -0.0703. The summed E-state index contributed by atoms with van der Waals surface area (Å²) in [5.41, 5.74) is 1.51. The topological polar surface area (TPSA) is 82.1 Å². The number of furan rings is 1. The summed E-state index contributed by atoms with van der Waals surface area (Å²) in [6, 6.07) is 10.3. The monoisotopic (exact) mass is 251 g/mol. The van der Waals surface area contributed by atoms with Crippen LogP contribution in [0.4, 0.5) is 11.5 Å². The van der Waals surface area contributed by atoms with Gasteiger partial charge in [-0.2, -0.15) is 5.26 Å². The number of aromatic hydroxyl groups is 1. The van der Waals surface area contributed by atoms with Gasteiger partial charge >= 0.3 is 0 Å². The average Bonchev–Trinajstić information content (AvgIpc) is 2.88. The fourth-order valence-corrected chi connectivity index (χ4v) is 1.82. The lowest BCUT2D eigenvalue weighted by atomic mass is 10.2. The van der Waals surface area contributed by atoms with Gasteiger partial charge < -0.3 is 14.8 Å². The summed E-state index contributed by atoms with van der Waals surface area (Å²) in [5.74, 6) is 0.491. The molecule has 3 aromatic rings. The molecule has 2 aromatic heterocycles. The maximum Gasteiger partial charge on any atom is 0.176 e. The molecule has 1 aromatic carbocycles. The van der Waals surface area contributed by atoms with Crippen LogP contribution in [0.2, 0.25) is 0 Å². The molecule has 3 rings (SSSR count). The Labute approximate surface area is 108 Å². The number of nitrogens with zero attached hydrogens (tertiary/aromatic N) is 2. The van der Waals surface area contributed by atoms with Gasteiger partial charge in [-0.25, -0.2) is 4.98 Å². The van der Waals surface area contributed by atoms with Gasteiger partial charge in [0.05, 0.1) is 11.8 Å². The van der Waals surface area contributed by atoms with E-state index in [4.69, 9.17) is 9.68 Å². The molecule has 0 unspecified atom stereocenters. The Morgan fingerprint density at radius 2 is 2.16 bits per heavy atom. The Morgan fingerprint density at radius 1 is 1.26 bits per heavy atom. The van der Waals surface area contributed by atoms with Crippen molar-refractivity contribution >= 4 is 22.5 Å². The van der Waals surface area contributed by atoms with Gasteiger partial charge in [-0.05, 0) is 24.3 Å². The Bertz CT molecular complexity index is 787. The van der Waals surface area contributed by atoms with Gasteiger partial charge in [-0.1, -0.05) is 0 Å². The average molecular weight is 251 g/mol. The molecule has 0 spiro atoms. The molecule has 0 saturated carbocycles. The zero-order valence-corrected chi connectivity index (χ0v) is 9.79. The van der Waals surface area contributed by atoms with Crippen LogP contribution >= 0.6 is 0 Å². The first-order valence-corrected chi connectivity index (χ1v) is 5.60. The van der Waals surface area contributed by atoms with Crippen molar-refractivity contribution < 1.29 is 9.52 Å². The maximum atomic E-state index is 9.64. The lowest BCUT2D eigenvalue weighted by Gasteiger charge is -2.06. The summed E-state index contributed by atoms with van der Waals surface area (Å²) >= 11 is 0. The number of rotatable bonds is 2. The van der Waals surface area contributed by atoms with Crippen LogP contribution in [0.5, 0.6) is 5.75 Å². The number of nitrogens with one attached hydrogen (secondary N) is 1. The minimum Gasteiger partial charge on any atom is -0.506 e. The number of nitriles is 1. The van der Waals surface area contributed by atoms with E-state index in [1.807, 2.05) is 18.2 Å². The van der Waals surface area contributed by atoms with E-state index in [0.717, 1.165) is 5.39 Å². The van der Waals surface area contributed by atoms with Crippen molar-refractivity contribution in [2.75, 3.05) is 5.32 Å². The maximum absolute atomic E-state index is 9.64. The van der Waals surface area contributed by atoms with Crippen molar-refractivity contribution in [1.29, 1.82) is 5.26 Å². The van der Waals surface area contributed by atoms with E-state index in [-0.39, 0.29) is 11.3 Å². The Kier molecular flexibility index (Phi) is 2.54. The molecule has 0 aliphatic heterocycles. The highest BCUT2D eigenvalue weighted by molar-refractivity contribution is 5.88. The summed E-state index contributed by atoms with van der Waals surface area (Å²) in [7, 11) is 0. The van der Waals surface area contributed by atoms with Gasteiger partial charge in [0.15, 0.2) is 11.4 Å². The van der Waals surface area contributed by atoms with Crippen LogP contribution in [-0.4, -0.2) is 10.1 Å². The molecule has 0 radical (unpaired) electrons. The number of anilines is 2. The van der Waals surface area contributed by atoms with Crippen molar-refractivity contribution in [3.05, 3.63) is 48.4 Å². The van der Waals surface area contributed by atoms with Crippen molar-refractivity contribution in [3.63, 3.8) is 0 Å². The third-order valence-corrected chi connectivity index (χ3v) is 2.75. The molecule has 0 amide bonds. The zero-order valence-electron chi connectivity index (χ0n) is 9.79. The van der Waals surface area contributed by atoms with Gasteiger partial charge in [0.25, 0.3) is 0 Å². The van der Waals surface area contributed by atoms with E-state index >= 15 is 0 Å². The molecule has 0 atom stereocenters. The second kappa shape index (κ2) is 4.35. The Hall–Kier alpha value is -3.00. The standard InChI is InChI=1S/C14H9N3O2/c15-8-10-1-2-11(7-12(10)18)17-14-13-9(3-5-16-14)4-6-19-13/h1-7,18H,(H,16,17). The van der Waals surface area contributed by atoms with Crippen molar-refractivity contribution in [2.24, 2.45) is 0 Å². The van der Waals surface area contributed by atoms with Gasteiger partial charge in [-0.3, -0.25) is 0 Å². The summed E-state index contributed by atoms with van der Waals surface area (Å²) < 4.78 is 5.36. The summed E-state index contributed by atoms with van der Waals surface area (Å²) in [6.45, 7) is 0. The van der Waals surface area contributed by atoms with Crippen LogP contribution in [0, 0.1) is 11.3 Å². The van der Waals surface area contributed by atoms with Crippen LogP contribution < -0.4 is 5.32 Å². The van der Waals surface area contributed by atoms with E-state index in [0.29, 0.717) is 17.1 Å². The molecular weight excluding hydrogens is 242 g/mol. The van der Waals surface area contributed by atoms with Gasteiger partial charge in [0.1, 0.15) is 11.8 Å². The third-order valence-electron chi connectivity index (χ3n) is 2.75. The smallest absolute Gasteiger partial charge is 0.176 e. The number of fused-ring (bicyclic) bond motifs is 1. The molecule has 2 heterocycles. The minimum absolute atomic E-state index is 0.0703. The van der Waals surface area contributed by atoms with Gasteiger partial charge in [0.2, 0.25) is 0 Å². The third kappa shape index (κ3) is 1.96.